The normalized spacial score (nSPS) is 14.4. The second-order valence-electron chi connectivity index (χ2n) is 10.1. The molecule has 0 N–H and O–H groups in total. The first-order valence-electron chi connectivity index (χ1n) is 12.8. The summed E-state index contributed by atoms with van der Waals surface area (Å²) in [6.45, 7) is 7.70. The number of fused-ring (bicyclic) bond motifs is 1. The lowest BCUT2D eigenvalue weighted by Crippen LogP contribution is -2.48. The topological polar surface area (TPSA) is 84.0 Å². The van der Waals surface area contributed by atoms with E-state index in [2.05, 4.69) is 29.3 Å². The predicted octanol–water partition coefficient (Wildman–Crippen LogP) is 5.92. The van der Waals surface area contributed by atoms with Crippen LogP contribution in [-0.4, -0.2) is 56.2 Å². The van der Waals surface area contributed by atoms with Crippen molar-refractivity contribution in [1.82, 2.24) is 19.2 Å². The Hall–Kier alpha value is -3.75. The van der Waals surface area contributed by atoms with Crippen LogP contribution in [0, 0.1) is 16.0 Å². The number of rotatable bonds is 7. The number of pyridine rings is 1. The number of non-ortho nitro benzene ring substituents is 1. The highest BCUT2D eigenvalue weighted by Crippen LogP contribution is 2.30. The third-order valence-corrected chi connectivity index (χ3v) is 7.14. The van der Waals surface area contributed by atoms with E-state index in [-0.39, 0.29) is 11.6 Å². The summed E-state index contributed by atoms with van der Waals surface area (Å²) in [5, 5.41) is 11.9. The summed E-state index contributed by atoms with van der Waals surface area (Å²) in [5.74, 6) is 0.559. The van der Waals surface area contributed by atoms with Gasteiger partial charge >= 0.3 is 0 Å². The van der Waals surface area contributed by atoms with Crippen LogP contribution in [0.1, 0.15) is 26.0 Å². The Bertz CT molecular complexity index is 1470. The zero-order valence-electron chi connectivity index (χ0n) is 21.5. The molecular weight excluding hydrogens is 502 g/mol. The second-order valence-corrected chi connectivity index (χ2v) is 10.6. The van der Waals surface area contributed by atoms with E-state index in [1.54, 1.807) is 12.1 Å². The maximum absolute atomic E-state index is 12.6. The number of carbonyl (C=O) groups excluding carboxylic acids is 1. The molecule has 4 aromatic rings. The van der Waals surface area contributed by atoms with E-state index < -0.39 is 4.92 Å². The van der Waals surface area contributed by atoms with Crippen LogP contribution in [0.3, 0.4) is 0 Å². The van der Waals surface area contributed by atoms with E-state index in [1.165, 1.54) is 12.1 Å². The molecule has 1 aliphatic rings. The van der Waals surface area contributed by atoms with Gasteiger partial charge in [0.05, 0.1) is 16.3 Å². The van der Waals surface area contributed by atoms with Crippen molar-refractivity contribution in [2.24, 2.45) is 5.92 Å². The average Bonchev–Trinajstić information content (AvgIpc) is 3.26. The Kier molecular flexibility index (Phi) is 7.44. The number of hydrogen-bond donors (Lipinski definition) is 0. The number of benzene rings is 2. The molecular formula is C29H30ClN5O3. The summed E-state index contributed by atoms with van der Waals surface area (Å²) < 4.78 is 2.10. The third-order valence-electron chi connectivity index (χ3n) is 6.91. The van der Waals surface area contributed by atoms with E-state index >= 15 is 0 Å². The van der Waals surface area contributed by atoms with Crippen molar-refractivity contribution in [3.05, 3.63) is 87.7 Å². The van der Waals surface area contributed by atoms with Gasteiger partial charge in [-0.1, -0.05) is 37.6 Å². The molecule has 1 aliphatic heterocycles. The standard InChI is InChI=1S/C29H30ClN5O3/c1-20(2)16-28(36)33-14-12-32(13-15-33)19-26-29(21-6-9-25(10-7-21)35(37)38)31-27-11-8-23(18-34(26)27)22-4-3-5-24(30)17-22/h3-11,17-18,20H,12-16,19H2,1-2H3. The van der Waals surface area contributed by atoms with Crippen molar-refractivity contribution < 1.29 is 9.72 Å². The Morgan fingerprint density at radius 1 is 1.00 bits per heavy atom. The Labute approximate surface area is 226 Å². The number of halogens is 1. The Balaban J connectivity index is 1.49. The van der Waals surface area contributed by atoms with Crippen molar-refractivity contribution in [2.75, 3.05) is 26.2 Å². The molecule has 1 fully saturated rings. The van der Waals surface area contributed by atoms with Crippen molar-refractivity contribution in [2.45, 2.75) is 26.8 Å². The molecule has 0 aliphatic carbocycles. The van der Waals surface area contributed by atoms with Crippen LogP contribution in [0.15, 0.2) is 66.9 Å². The number of amides is 1. The summed E-state index contributed by atoms with van der Waals surface area (Å²) in [6.07, 6.45) is 2.64. The predicted molar refractivity (Wildman–Crippen MR) is 149 cm³/mol. The fourth-order valence-electron chi connectivity index (χ4n) is 4.90. The van der Waals surface area contributed by atoms with E-state index in [9.17, 15) is 14.9 Å². The van der Waals surface area contributed by atoms with Crippen LogP contribution < -0.4 is 0 Å². The molecule has 1 amide bonds. The molecule has 9 heteroatoms. The highest BCUT2D eigenvalue weighted by molar-refractivity contribution is 6.30. The fraction of sp³-hybridized carbons (Fsp3) is 0.310. The van der Waals surface area contributed by atoms with Gasteiger partial charge in [-0.2, -0.15) is 0 Å². The maximum Gasteiger partial charge on any atom is 0.269 e. The number of piperazine rings is 1. The summed E-state index contributed by atoms with van der Waals surface area (Å²) >= 11 is 6.25. The molecule has 8 nitrogen and oxygen atoms in total. The van der Waals surface area contributed by atoms with Crippen LogP contribution in [0.5, 0.6) is 0 Å². The fourth-order valence-corrected chi connectivity index (χ4v) is 5.09. The summed E-state index contributed by atoms with van der Waals surface area (Å²) in [6, 6.07) is 18.3. The van der Waals surface area contributed by atoms with E-state index in [1.807, 2.05) is 41.3 Å². The van der Waals surface area contributed by atoms with Crippen LogP contribution in [0.2, 0.25) is 5.02 Å². The minimum atomic E-state index is -0.397. The average molecular weight is 532 g/mol. The first-order chi connectivity index (χ1) is 18.3. The quantitative estimate of drug-likeness (QED) is 0.218. The molecule has 0 saturated carbocycles. The molecule has 196 valence electrons. The van der Waals surface area contributed by atoms with Gasteiger partial charge in [0, 0.05) is 68.1 Å². The van der Waals surface area contributed by atoms with Crippen molar-refractivity contribution in [1.29, 1.82) is 0 Å². The maximum atomic E-state index is 12.6. The zero-order valence-corrected chi connectivity index (χ0v) is 22.3. The van der Waals surface area contributed by atoms with Crippen LogP contribution in [-0.2, 0) is 11.3 Å². The monoisotopic (exact) mass is 531 g/mol. The summed E-state index contributed by atoms with van der Waals surface area (Å²) in [7, 11) is 0. The molecule has 2 aromatic heterocycles. The SMILES string of the molecule is CC(C)CC(=O)N1CCN(Cc2c(-c3ccc([N+](=O)[O-])cc3)nc3ccc(-c4cccc(Cl)c4)cn23)CC1. The van der Waals surface area contributed by atoms with Crippen molar-refractivity contribution in [3.63, 3.8) is 0 Å². The van der Waals surface area contributed by atoms with Gasteiger partial charge < -0.3 is 9.30 Å². The molecule has 0 bridgehead atoms. The van der Waals surface area contributed by atoms with E-state index in [0.29, 0.717) is 37.0 Å². The molecule has 0 unspecified atom stereocenters. The van der Waals surface area contributed by atoms with Crippen LogP contribution >= 0.6 is 11.6 Å². The van der Waals surface area contributed by atoms with Gasteiger partial charge in [0.15, 0.2) is 0 Å². The number of aromatic nitrogens is 2. The molecule has 0 spiro atoms. The lowest BCUT2D eigenvalue weighted by Gasteiger charge is -2.35. The van der Waals surface area contributed by atoms with Gasteiger partial charge in [0.2, 0.25) is 5.91 Å². The van der Waals surface area contributed by atoms with E-state index in [0.717, 1.165) is 46.8 Å². The first-order valence-corrected chi connectivity index (χ1v) is 13.2. The lowest BCUT2D eigenvalue weighted by molar-refractivity contribution is -0.384. The second kappa shape index (κ2) is 10.9. The zero-order chi connectivity index (χ0) is 26.8. The molecule has 1 saturated heterocycles. The number of nitro benzene ring substituents is 1. The molecule has 5 rings (SSSR count). The minimum absolute atomic E-state index is 0.0458. The molecule has 3 heterocycles. The van der Waals surface area contributed by atoms with Gasteiger partial charge in [0.1, 0.15) is 5.65 Å². The number of nitro groups is 1. The highest BCUT2D eigenvalue weighted by Gasteiger charge is 2.24. The summed E-state index contributed by atoms with van der Waals surface area (Å²) in [4.78, 5) is 32.6. The Morgan fingerprint density at radius 3 is 2.37 bits per heavy atom. The minimum Gasteiger partial charge on any atom is -0.340 e. The van der Waals surface area contributed by atoms with Gasteiger partial charge in [0.25, 0.3) is 5.69 Å². The molecule has 38 heavy (non-hydrogen) atoms. The van der Waals surface area contributed by atoms with Gasteiger partial charge in [-0.3, -0.25) is 19.8 Å². The molecule has 2 aromatic carbocycles. The number of hydrogen-bond acceptors (Lipinski definition) is 5. The first kappa shape index (κ1) is 25.9. The van der Waals surface area contributed by atoms with Crippen LogP contribution in [0.25, 0.3) is 28.0 Å². The van der Waals surface area contributed by atoms with Crippen molar-refractivity contribution >= 4 is 28.8 Å². The number of nitrogens with zero attached hydrogens (tertiary/aromatic N) is 5. The van der Waals surface area contributed by atoms with E-state index in [4.69, 9.17) is 16.6 Å². The van der Waals surface area contributed by atoms with Gasteiger partial charge in [-0.05, 0) is 53.4 Å². The third kappa shape index (κ3) is 5.56. The molecule has 0 radical (unpaired) electrons. The lowest BCUT2D eigenvalue weighted by atomic mass is 10.1. The number of imidazole rings is 1. The molecule has 0 atom stereocenters. The largest absolute Gasteiger partial charge is 0.340 e. The van der Waals surface area contributed by atoms with Crippen molar-refractivity contribution in [3.8, 4) is 22.4 Å². The smallest absolute Gasteiger partial charge is 0.269 e. The summed E-state index contributed by atoms with van der Waals surface area (Å²) in [5.41, 5.74) is 5.48. The van der Waals surface area contributed by atoms with Crippen LogP contribution in [0.4, 0.5) is 5.69 Å². The van der Waals surface area contributed by atoms with Gasteiger partial charge in [-0.25, -0.2) is 4.98 Å². The number of carbonyl (C=O) groups is 1. The van der Waals surface area contributed by atoms with Gasteiger partial charge in [-0.15, -0.1) is 0 Å². The Morgan fingerprint density at radius 2 is 1.71 bits per heavy atom. The highest BCUT2D eigenvalue weighted by atomic mass is 35.5.